The number of anilines is 3. The summed E-state index contributed by atoms with van der Waals surface area (Å²) in [5.74, 6) is 2.41. The first-order chi connectivity index (χ1) is 17.9. The summed E-state index contributed by atoms with van der Waals surface area (Å²) in [5, 5.41) is 4.15. The Morgan fingerprint density at radius 3 is 2.51 bits per heavy atom. The van der Waals surface area contributed by atoms with Gasteiger partial charge in [0.2, 0.25) is 0 Å². The van der Waals surface area contributed by atoms with E-state index < -0.39 is 0 Å². The molecule has 0 unspecified atom stereocenters. The van der Waals surface area contributed by atoms with Crippen LogP contribution in [0.3, 0.4) is 0 Å². The molecular weight excluding hydrogens is 606 g/mol. The van der Waals surface area contributed by atoms with Gasteiger partial charge in [0.1, 0.15) is 12.1 Å². The van der Waals surface area contributed by atoms with Gasteiger partial charge in [0.15, 0.2) is 11.5 Å². The van der Waals surface area contributed by atoms with E-state index in [1.54, 1.807) is 7.11 Å². The molecule has 0 aliphatic carbocycles. The summed E-state index contributed by atoms with van der Waals surface area (Å²) in [4.78, 5) is 22.5. The zero-order chi connectivity index (χ0) is 26.4. The fraction of sp³-hybridized carbons (Fsp3) is 0.423. The van der Waals surface area contributed by atoms with Crippen molar-refractivity contribution in [2.75, 3.05) is 51.5 Å². The van der Waals surface area contributed by atoms with E-state index in [0.29, 0.717) is 42.1 Å². The minimum absolute atomic E-state index is 0.171. The Labute approximate surface area is 233 Å². The van der Waals surface area contributed by atoms with Crippen molar-refractivity contribution in [2.24, 2.45) is 5.92 Å². The highest BCUT2D eigenvalue weighted by molar-refractivity contribution is 9.11. The van der Waals surface area contributed by atoms with Crippen molar-refractivity contribution in [3.8, 4) is 11.5 Å². The summed E-state index contributed by atoms with van der Waals surface area (Å²) < 4.78 is 18.1. The number of hydrogen-bond donors (Lipinski definition) is 2. The lowest BCUT2D eigenvalue weighted by Crippen LogP contribution is -2.37. The number of likely N-dealkylation sites (tertiary alicyclic amines) is 1. The summed E-state index contributed by atoms with van der Waals surface area (Å²) in [6.07, 6.45) is 5.73. The number of benzene rings is 2. The zero-order valence-electron chi connectivity index (χ0n) is 20.9. The van der Waals surface area contributed by atoms with Crippen LogP contribution in [0.15, 0.2) is 39.5 Å². The number of rotatable bonds is 10. The molecule has 4 rings (SSSR count). The van der Waals surface area contributed by atoms with E-state index in [-0.39, 0.29) is 5.97 Å². The van der Waals surface area contributed by atoms with Crippen LogP contribution in [0.5, 0.6) is 11.5 Å². The topological polar surface area (TPSA) is 112 Å². The molecular formula is C26H31Br2N5O4. The minimum atomic E-state index is -0.171. The van der Waals surface area contributed by atoms with E-state index in [2.05, 4.69) is 52.0 Å². The molecule has 1 aliphatic rings. The monoisotopic (exact) mass is 635 g/mol. The highest BCUT2D eigenvalue weighted by atomic mass is 79.9. The number of fused-ring (bicyclic) bond motifs is 1. The quantitative estimate of drug-likeness (QED) is 0.168. The molecule has 1 saturated heterocycles. The fourth-order valence-electron chi connectivity index (χ4n) is 4.46. The Balaban J connectivity index is 1.36. The number of carbonyl (C=O) groups excluding carboxylic acids is 1. The summed E-state index contributed by atoms with van der Waals surface area (Å²) in [7, 11) is 3.06. The van der Waals surface area contributed by atoms with Crippen LogP contribution in [0.1, 0.15) is 25.7 Å². The van der Waals surface area contributed by atoms with E-state index in [9.17, 15) is 4.79 Å². The fourth-order valence-corrected chi connectivity index (χ4v) is 5.65. The highest BCUT2D eigenvalue weighted by Gasteiger charge is 2.21. The lowest BCUT2D eigenvalue weighted by Gasteiger charge is -2.31. The van der Waals surface area contributed by atoms with Crippen LogP contribution in [0, 0.1) is 5.92 Å². The molecule has 11 heteroatoms. The van der Waals surface area contributed by atoms with Crippen LogP contribution in [0.4, 0.5) is 17.2 Å². The Hall–Kier alpha value is -2.63. The van der Waals surface area contributed by atoms with Crippen LogP contribution in [-0.4, -0.2) is 61.3 Å². The standard InChI is InChI=1S/C26H31Br2N5O4/c1-35-22-12-18-21(30-15-31-26(18)32-17-10-19(27)25(29)20(28)11-17)13-23(22)37-9-3-4-16-5-7-33(8-6-16)14-24(34)36-2/h10-13,15-16H,3-9,14,29H2,1-2H3,(H,30,31,32). The van der Waals surface area contributed by atoms with Crippen molar-refractivity contribution in [2.45, 2.75) is 25.7 Å². The largest absolute Gasteiger partial charge is 0.493 e. The van der Waals surface area contributed by atoms with E-state index in [0.717, 1.165) is 64.3 Å². The third-order valence-electron chi connectivity index (χ3n) is 6.56. The number of esters is 1. The van der Waals surface area contributed by atoms with Gasteiger partial charge in [0, 0.05) is 26.1 Å². The predicted octanol–water partition coefficient (Wildman–Crippen LogP) is 5.53. The van der Waals surface area contributed by atoms with E-state index in [1.807, 2.05) is 24.3 Å². The number of hydrogen-bond acceptors (Lipinski definition) is 9. The number of carbonyl (C=O) groups is 1. The van der Waals surface area contributed by atoms with Gasteiger partial charge in [0.25, 0.3) is 0 Å². The Kier molecular flexibility index (Phi) is 9.44. The van der Waals surface area contributed by atoms with Gasteiger partial charge in [-0.3, -0.25) is 9.69 Å². The number of halogens is 2. The van der Waals surface area contributed by atoms with Crippen LogP contribution in [0.2, 0.25) is 0 Å². The third kappa shape index (κ3) is 7.03. The van der Waals surface area contributed by atoms with Gasteiger partial charge in [-0.25, -0.2) is 9.97 Å². The van der Waals surface area contributed by atoms with Crippen LogP contribution >= 0.6 is 31.9 Å². The second kappa shape index (κ2) is 12.7. The molecule has 0 bridgehead atoms. The lowest BCUT2D eigenvalue weighted by molar-refractivity contribution is -0.142. The maximum absolute atomic E-state index is 11.5. The number of nitrogen functional groups attached to an aromatic ring is 1. The number of piperidine rings is 1. The molecule has 3 aromatic rings. The van der Waals surface area contributed by atoms with Crippen molar-refractivity contribution in [3.05, 3.63) is 39.5 Å². The Bertz CT molecular complexity index is 1230. The number of nitrogens with two attached hydrogens (primary N) is 1. The van der Waals surface area contributed by atoms with Gasteiger partial charge in [-0.05, 0) is 94.7 Å². The van der Waals surface area contributed by atoms with Crippen LogP contribution < -0.4 is 20.5 Å². The number of ether oxygens (including phenoxy) is 3. The minimum Gasteiger partial charge on any atom is -0.493 e. The average molecular weight is 637 g/mol. The maximum atomic E-state index is 11.5. The van der Waals surface area contributed by atoms with E-state index in [4.69, 9.17) is 19.9 Å². The third-order valence-corrected chi connectivity index (χ3v) is 7.88. The van der Waals surface area contributed by atoms with Crippen molar-refractivity contribution >= 4 is 65.9 Å². The first kappa shape index (κ1) is 27.4. The molecule has 0 atom stereocenters. The second-order valence-electron chi connectivity index (χ2n) is 9.01. The van der Waals surface area contributed by atoms with Crippen LogP contribution in [0.25, 0.3) is 10.9 Å². The number of nitrogens with zero attached hydrogens (tertiary/aromatic N) is 3. The Morgan fingerprint density at radius 2 is 1.84 bits per heavy atom. The second-order valence-corrected chi connectivity index (χ2v) is 10.7. The summed E-state index contributed by atoms with van der Waals surface area (Å²) in [6.45, 7) is 2.83. The molecule has 0 spiro atoms. The molecule has 2 aromatic carbocycles. The summed E-state index contributed by atoms with van der Waals surface area (Å²) >= 11 is 6.96. The van der Waals surface area contributed by atoms with Crippen molar-refractivity contribution < 1.29 is 19.0 Å². The van der Waals surface area contributed by atoms with Crippen molar-refractivity contribution in [3.63, 3.8) is 0 Å². The van der Waals surface area contributed by atoms with Crippen molar-refractivity contribution in [1.29, 1.82) is 0 Å². The molecule has 2 heterocycles. The Morgan fingerprint density at radius 1 is 1.11 bits per heavy atom. The molecule has 198 valence electrons. The molecule has 0 radical (unpaired) electrons. The molecule has 1 fully saturated rings. The SMILES string of the molecule is COC(=O)CN1CCC(CCCOc2cc3ncnc(Nc4cc(Br)c(N)c(Br)c4)c3cc2OC)CC1. The number of aromatic nitrogens is 2. The zero-order valence-corrected chi connectivity index (χ0v) is 24.1. The van der Waals surface area contributed by atoms with Gasteiger partial charge in [-0.1, -0.05) is 0 Å². The van der Waals surface area contributed by atoms with Gasteiger partial charge in [0.05, 0.1) is 38.6 Å². The molecule has 9 nitrogen and oxygen atoms in total. The summed E-state index contributed by atoms with van der Waals surface area (Å²) in [6, 6.07) is 7.57. The molecule has 3 N–H and O–H groups in total. The first-order valence-corrected chi connectivity index (χ1v) is 13.7. The molecule has 0 saturated carbocycles. The van der Waals surface area contributed by atoms with Crippen LogP contribution in [-0.2, 0) is 9.53 Å². The van der Waals surface area contributed by atoms with E-state index in [1.165, 1.54) is 13.4 Å². The van der Waals surface area contributed by atoms with Gasteiger partial charge in [-0.15, -0.1) is 0 Å². The normalized spacial score (nSPS) is 14.5. The smallest absolute Gasteiger partial charge is 0.319 e. The van der Waals surface area contributed by atoms with E-state index >= 15 is 0 Å². The maximum Gasteiger partial charge on any atom is 0.319 e. The summed E-state index contributed by atoms with van der Waals surface area (Å²) in [5.41, 5.74) is 8.22. The molecule has 37 heavy (non-hydrogen) atoms. The van der Waals surface area contributed by atoms with Gasteiger partial charge in [-0.2, -0.15) is 0 Å². The average Bonchev–Trinajstić information content (AvgIpc) is 2.90. The number of methoxy groups -OCH3 is 2. The number of nitrogens with one attached hydrogen (secondary N) is 1. The molecule has 1 aromatic heterocycles. The first-order valence-electron chi connectivity index (χ1n) is 12.1. The van der Waals surface area contributed by atoms with Crippen molar-refractivity contribution in [1.82, 2.24) is 14.9 Å². The molecule has 1 aliphatic heterocycles. The van der Waals surface area contributed by atoms with Gasteiger partial charge >= 0.3 is 5.97 Å². The highest BCUT2D eigenvalue weighted by Crippen LogP contribution is 2.37. The van der Waals surface area contributed by atoms with Gasteiger partial charge < -0.3 is 25.3 Å². The predicted molar refractivity (Wildman–Crippen MR) is 152 cm³/mol. The lowest BCUT2D eigenvalue weighted by atomic mass is 9.92. The molecule has 0 amide bonds.